The fourth-order valence-corrected chi connectivity index (χ4v) is 2.55. The number of benzene rings is 1. The van der Waals surface area contributed by atoms with Crippen molar-refractivity contribution < 1.29 is 14.3 Å². The molecule has 108 valence electrons. The van der Waals surface area contributed by atoms with E-state index in [9.17, 15) is 9.18 Å². The number of hydrogen-bond acceptors (Lipinski definition) is 2. The molecule has 0 atom stereocenters. The summed E-state index contributed by atoms with van der Waals surface area (Å²) in [6, 6.07) is 3.19. The van der Waals surface area contributed by atoms with Crippen molar-refractivity contribution in [2.45, 2.75) is 26.4 Å². The highest BCUT2D eigenvalue weighted by atomic mass is 79.9. The van der Waals surface area contributed by atoms with E-state index < -0.39 is 11.9 Å². The molecule has 20 heavy (non-hydrogen) atoms. The maximum absolute atomic E-state index is 14.0. The molecule has 0 saturated heterocycles. The number of nitrogens with zero attached hydrogens (tertiary/aromatic N) is 3. The summed E-state index contributed by atoms with van der Waals surface area (Å²) < 4.78 is 16.4. The van der Waals surface area contributed by atoms with Gasteiger partial charge >= 0.3 is 6.09 Å². The summed E-state index contributed by atoms with van der Waals surface area (Å²) >= 11 is 3.26. The third-order valence-corrected chi connectivity index (χ3v) is 3.47. The van der Waals surface area contributed by atoms with E-state index in [0.29, 0.717) is 15.8 Å². The molecule has 0 aliphatic heterocycles. The van der Waals surface area contributed by atoms with E-state index in [2.05, 4.69) is 20.9 Å². The summed E-state index contributed by atoms with van der Waals surface area (Å²) in [4.78, 5) is 16.3. The molecule has 1 N–H and O–H groups in total. The van der Waals surface area contributed by atoms with Crippen LogP contribution in [0.1, 0.15) is 25.7 Å². The fraction of sp³-hybridized carbons (Fsp3) is 0.385. The number of carbonyl (C=O) groups is 1. The molecule has 1 aromatic carbocycles. The van der Waals surface area contributed by atoms with Gasteiger partial charge in [-0.2, -0.15) is 0 Å². The lowest BCUT2D eigenvalue weighted by Gasteiger charge is -2.17. The van der Waals surface area contributed by atoms with E-state index in [0.717, 1.165) is 4.90 Å². The molecule has 2 rings (SSSR count). The Kier molecular flexibility index (Phi) is 3.99. The van der Waals surface area contributed by atoms with Crippen molar-refractivity contribution in [2.24, 2.45) is 0 Å². The number of amides is 1. The second-order valence-corrected chi connectivity index (χ2v) is 5.80. The molecule has 0 fully saturated rings. The maximum Gasteiger partial charge on any atom is 0.407 e. The first-order valence-corrected chi connectivity index (χ1v) is 6.90. The number of rotatable bonds is 3. The zero-order valence-electron chi connectivity index (χ0n) is 11.4. The van der Waals surface area contributed by atoms with E-state index >= 15 is 0 Å². The van der Waals surface area contributed by atoms with Crippen LogP contribution in [0.25, 0.3) is 11.0 Å². The number of fused-ring (bicyclic) bond motifs is 1. The van der Waals surface area contributed by atoms with Crippen LogP contribution < -0.4 is 0 Å². The third kappa shape index (κ3) is 2.63. The second-order valence-electron chi connectivity index (χ2n) is 4.89. The summed E-state index contributed by atoms with van der Waals surface area (Å²) in [6.45, 7) is 4.01. The quantitative estimate of drug-likeness (QED) is 0.925. The summed E-state index contributed by atoms with van der Waals surface area (Å²) in [5, 5.41) is 8.95. The Morgan fingerprint density at radius 1 is 1.55 bits per heavy atom. The molecule has 0 unspecified atom stereocenters. The van der Waals surface area contributed by atoms with Crippen molar-refractivity contribution in [1.82, 2.24) is 14.5 Å². The summed E-state index contributed by atoms with van der Waals surface area (Å²) in [6.07, 6.45) is -1.05. The zero-order valence-corrected chi connectivity index (χ0v) is 13.0. The number of aromatic nitrogens is 2. The molecule has 0 aliphatic carbocycles. The molecule has 0 aliphatic rings. The van der Waals surface area contributed by atoms with Crippen molar-refractivity contribution in [3.8, 4) is 0 Å². The van der Waals surface area contributed by atoms with Gasteiger partial charge < -0.3 is 14.6 Å². The Bertz CT molecular complexity index is 669. The molecule has 0 radical (unpaired) electrons. The first kappa shape index (κ1) is 14.8. The van der Waals surface area contributed by atoms with Gasteiger partial charge in [0, 0.05) is 17.6 Å². The van der Waals surface area contributed by atoms with E-state index in [4.69, 9.17) is 5.11 Å². The van der Waals surface area contributed by atoms with Crippen molar-refractivity contribution in [3.63, 3.8) is 0 Å². The Morgan fingerprint density at radius 3 is 2.75 bits per heavy atom. The number of halogens is 2. The molecule has 0 bridgehead atoms. The standard InChI is InChI=1S/C13H15BrFN3O2/c1-7(2)18-10-5-8(14)4-9(15)12(10)16-11(18)6-17(3)13(19)20/h4-5,7H,6H2,1-3H3,(H,19,20). The molecule has 2 aromatic rings. The average Bonchev–Trinajstić information content (AvgIpc) is 2.67. The van der Waals surface area contributed by atoms with Crippen LogP contribution in [-0.4, -0.2) is 32.7 Å². The van der Waals surface area contributed by atoms with Crippen LogP contribution >= 0.6 is 15.9 Å². The molecular weight excluding hydrogens is 329 g/mol. The molecule has 0 spiro atoms. The van der Waals surface area contributed by atoms with Gasteiger partial charge in [0.15, 0.2) is 5.82 Å². The van der Waals surface area contributed by atoms with Crippen LogP contribution in [0.5, 0.6) is 0 Å². The van der Waals surface area contributed by atoms with Gasteiger partial charge in [-0.15, -0.1) is 0 Å². The highest BCUT2D eigenvalue weighted by Gasteiger charge is 2.19. The lowest BCUT2D eigenvalue weighted by atomic mass is 10.3. The topological polar surface area (TPSA) is 58.4 Å². The van der Waals surface area contributed by atoms with Crippen molar-refractivity contribution >= 4 is 33.1 Å². The lowest BCUT2D eigenvalue weighted by Crippen LogP contribution is -2.26. The van der Waals surface area contributed by atoms with Gasteiger partial charge in [0.25, 0.3) is 0 Å². The Balaban J connectivity index is 2.62. The molecule has 1 heterocycles. The summed E-state index contributed by atoms with van der Waals surface area (Å²) in [5.41, 5.74) is 0.913. The first-order valence-electron chi connectivity index (χ1n) is 6.11. The van der Waals surface area contributed by atoms with Crippen LogP contribution in [0.4, 0.5) is 9.18 Å². The summed E-state index contributed by atoms with van der Waals surface area (Å²) in [7, 11) is 1.46. The third-order valence-electron chi connectivity index (χ3n) is 3.01. The fourth-order valence-electron chi connectivity index (χ4n) is 2.14. The van der Waals surface area contributed by atoms with Crippen LogP contribution in [0.3, 0.4) is 0 Å². The normalized spacial score (nSPS) is 11.3. The number of imidazole rings is 1. The highest BCUT2D eigenvalue weighted by molar-refractivity contribution is 9.10. The van der Waals surface area contributed by atoms with Gasteiger partial charge in [-0.3, -0.25) is 0 Å². The van der Waals surface area contributed by atoms with Gasteiger partial charge in [0.1, 0.15) is 11.3 Å². The van der Waals surface area contributed by atoms with Gasteiger partial charge in [-0.25, -0.2) is 14.2 Å². The second kappa shape index (κ2) is 5.40. The Morgan fingerprint density at radius 2 is 2.20 bits per heavy atom. The molecule has 7 heteroatoms. The molecule has 0 saturated carbocycles. The number of carboxylic acid groups (broad SMARTS) is 1. The van der Waals surface area contributed by atoms with Gasteiger partial charge in [0.2, 0.25) is 0 Å². The molecular formula is C13H15BrFN3O2. The van der Waals surface area contributed by atoms with E-state index in [-0.39, 0.29) is 18.1 Å². The summed E-state index contributed by atoms with van der Waals surface area (Å²) in [5.74, 6) is 0.102. The van der Waals surface area contributed by atoms with Gasteiger partial charge in [0.05, 0.1) is 12.1 Å². The van der Waals surface area contributed by atoms with Crippen molar-refractivity contribution in [3.05, 3.63) is 28.2 Å². The average molecular weight is 344 g/mol. The smallest absolute Gasteiger partial charge is 0.407 e. The predicted molar refractivity (Wildman–Crippen MR) is 77.3 cm³/mol. The van der Waals surface area contributed by atoms with Crippen LogP contribution in [0, 0.1) is 5.82 Å². The lowest BCUT2D eigenvalue weighted by molar-refractivity contribution is 0.152. The van der Waals surface area contributed by atoms with Gasteiger partial charge in [-0.05, 0) is 26.0 Å². The highest BCUT2D eigenvalue weighted by Crippen LogP contribution is 2.27. The minimum Gasteiger partial charge on any atom is -0.465 e. The van der Waals surface area contributed by atoms with E-state index in [1.807, 2.05) is 18.4 Å². The van der Waals surface area contributed by atoms with Crippen molar-refractivity contribution in [2.75, 3.05) is 7.05 Å². The van der Waals surface area contributed by atoms with E-state index in [1.54, 1.807) is 6.07 Å². The van der Waals surface area contributed by atoms with Crippen LogP contribution in [-0.2, 0) is 6.54 Å². The largest absolute Gasteiger partial charge is 0.465 e. The first-order chi connectivity index (χ1) is 9.31. The van der Waals surface area contributed by atoms with Crippen LogP contribution in [0.2, 0.25) is 0 Å². The minimum atomic E-state index is -1.05. The molecule has 5 nitrogen and oxygen atoms in total. The van der Waals surface area contributed by atoms with E-state index in [1.165, 1.54) is 13.1 Å². The number of hydrogen-bond donors (Lipinski definition) is 1. The molecule has 1 aromatic heterocycles. The molecule has 1 amide bonds. The Hall–Kier alpha value is -1.63. The zero-order chi connectivity index (χ0) is 15.0. The van der Waals surface area contributed by atoms with Crippen LogP contribution in [0.15, 0.2) is 16.6 Å². The maximum atomic E-state index is 14.0. The monoisotopic (exact) mass is 343 g/mol. The minimum absolute atomic E-state index is 0.0471. The predicted octanol–water partition coefficient (Wildman–Crippen LogP) is 3.63. The Labute approximate surface area is 124 Å². The SMILES string of the molecule is CC(C)n1c(CN(C)C(=O)O)nc2c(F)cc(Br)cc21. The van der Waals surface area contributed by atoms with Crippen molar-refractivity contribution in [1.29, 1.82) is 0 Å². The van der Waals surface area contributed by atoms with Gasteiger partial charge in [-0.1, -0.05) is 15.9 Å².